The van der Waals surface area contributed by atoms with Gasteiger partial charge in [0.05, 0.1) is 22.6 Å². The lowest BCUT2D eigenvalue weighted by atomic mass is 10.1. The van der Waals surface area contributed by atoms with Crippen LogP contribution in [-0.4, -0.2) is 14.9 Å². The molecule has 1 unspecified atom stereocenters. The van der Waals surface area contributed by atoms with Crippen LogP contribution in [0.1, 0.15) is 43.4 Å². The summed E-state index contributed by atoms with van der Waals surface area (Å²) in [6.07, 6.45) is 4.37. The molecule has 2 aromatic rings. The standard InChI is InChI=1S/C13H17BrN2O2/c1-3-6-16-12(10(14)8-15-16)13(17)9-5-7-18-11(9)4-2/h5,7-8,13,17H,3-4,6H2,1-2H3. The quantitative estimate of drug-likeness (QED) is 0.921. The van der Waals surface area contributed by atoms with Gasteiger partial charge in [-0.25, -0.2) is 0 Å². The Morgan fingerprint density at radius 1 is 1.50 bits per heavy atom. The number of aliphatic hydroxyl groups is 1. The Bertz CT molecular complexity index is 519. The molecule has 5 heteroatoms. The van der Waals surface area contributed by atoms with Crippen molar-refractivity contribution in [3.8, 4) is 0 Å². The molecule has 2 heterocycles. The van der Waals surface area contributed by atoms with Gasteiger partial charge >= 0.3 is 0 Å². The molecule has 1 N–H and O–H groups in total. The van der Waals surface area contributed by atoms with E-state index in [9.17, 15) is 5.11 Å². The third kappa shape index (κ3) is 2.37. The first-order valence-electron chi connectivity index (χ1n) is 6.14. The van der Waals surface area contributed by atoms with Crippen LogP contribution in [0.3, 0.4) is 0 Å². The first-order valence-corrected chi connectivity index (χ1v) is 6.93. The third-order valence-electron chi connectivity index (χ3n) is 2.92. The van der Waals surface area contributed by atoms with Crippen LogP contribution in [0.2, 0.25) is 0 Å². The molecule has 2 aromatic heterocycles. The predicted molar refractivity (Wildman–Crippen MR) is 72.4 cm³/mol. The monoisotopic (exact) mass is 312 g/mol. The molecule has 0 amide bonds. The van der Waals surface area contributed by atoms with Gasteiger partial charge in [-0.2, -0.15) is 5.10 Å². The Hall–Kier alpha value is -1.07. The molecule has 0 aliphatic rings. The van der Waals surface area contributed by atoms with E-state index >= 15 is 0 Å². The Kier molecular flexibility index (Phi) is 4.24. The number of aryl methyl sites for hydroxylation is 2. The van der Waals surface area contributed by atoms with Crippen LogP contribution in [0.4, 0.5) is 0 Å². The average Bonchev–Trinajstić information content (AvgIpc) is 2.96. The number of rotatable bonds is 5. The molecule has 0 saturated heterocycles. The molecule has 0 aliphatic heterocycles. The van der Waals surface area contributed by atoms with Crippen LogP contribution >= 0.6 is 15.9 Å². The summed E-state index contributed by atoms with van der Waals surface area (Å²) in [5.41, 5.74) is 1.60. The van der Waals surface area contributed by atoms with Gasteiger partial charge < -0.3 is 9.52 Å². The van der Waals surface area contributed by atoms with Crippen molar-refractivity contribution in [3.63, 3.8) is 0 Å². The number of halogens is 1. The van der Waals surface area contributed by atoms with Crippen LogP contribution in [0, 0.1) is 0 Å². The zero-order valence-corrected chi connectivity index (χ0v) is 12.1. The van der Waals surface area contributed by atoms with Crippen molar-refractivity contribution in [2.75, 3.05) is 0 Å². The van der Waals surface area contributed by atoms with E-state index in [2.05, 4.69) is 28.0 Å². The molecule has 18 heavy (non-hydrogen) atoms. The largest absolute Gasteiger partial charge is 0.469 e. The highest BCUT2D eigenvalue weighted by Crippen LogP contribution is 2.31. The Morgan fingerprint density at radius 2 is 2.28 bits per heavy atom. The summed E-state index contributed by atoms with van der Waals surface area (Å²) in [6, 6.07) is 1.82. The molecule has 1 atom stereocenters. The molecule has 2 rings (SSSR count). The lowest BCUT2D eigenvalue weighted by molar-refractivity contribution is 0.204. The van der Waals surface area contributed by atoms with Gasteiger partial charge in [-0.05, 0) is 28.4 Å². The van der Waals surface area contributed by atoms with E-state index in [1.54, 1.807) is 12.5 Å². The Labute approximate surface area is 115 Å². The smallest absolute Gasteiger partial charge is 0.125 e. The fraction of sp³-hybridized carbons (Fsp3) is 0.462. The number of aliphatic hydroxyl groups excluding tert-OH is 1. The zero-order chi connectivity index (χ0) is 13.1. The first-order chi connectivity index (χ1) is 8.69. The minimum Gasteiger partial charge on any atom is -0.469 e. The summed E-state index contributed by atoms with van der Waals surface area (Å²) in [5.74, 6) is 0.818. The number of furan rings is 1. The molecule has 0 bridgehead atoms. The van der Waals surface area contributed by atoms with Crippen LogP contribution in [0.25, 0.3) is 0 Å². The van der Waals surface area contributed by atoms with Gasteiger partial charge in [0.2, 0.25) is 0 Å². The van der Waals surface area contributed by atoms with Crippen molar-refractivity contribution < 1.29 is 9.52 Å². The van der Waals surface area contributed by atoms with Gasteiger partial charge in [0.15, 0.2) is 0 Å². The lowest BCUT2D eigenvalue weighted by Gasteiger charge is -2.13. The number of hydrogen-bond acceptors (Lipinski definition) is 3. The van der Waals surface area contributed by atoms with E-state index in [-0.39, 0.29) is 0 Å². The number of nitrogens with zero attached hydrogens (tertiary/aromatic N) is 2. The maximum atomic E-state index is 10.5. The van der Waals surface area contributed by atoms with Gasteiger partial charge in [0, 0.05) is 18.5 Å². The second kappa shape index (κ2) is 5.71. The molecule has 0 spiro atoms. The lowest BCUT2D eigenvalue weighted by Crippen LogP contribution is -2.11. The van der Waals surface area contributed by atoms with Crippen molar-refractivity contribution in [1.82, 2.24) is 9.78 Å². The van der Waals surface area contributed by atoms with Crippen molar-refractivity contribution >= 4 is 15.9 Å². The minimum absolute atomic E-state index is 0.706. The summed E-state index contributed by atoms with van der Waals surface area (Å²) >= 11 is 3.45. The highest BCUT2D eigenvalue weighted by Gasteiger charge is 2.22. The number of hydrogen-bond donors (Lipinski definition) is 1. The summed E-state index contributed by atoms with van der Waals surface area (Å²) in [4.78, 5) is 0. The molecule has 0 aromatic carbocycles. The summed E-state index contributed by atoms with van der Waals surface area (Å²) < 4.78 is 8.03. The molecular weight excluding hydrogens is 296 g/mol. The van der Waals surface area contributed by atoms with E-state index in [1.807, 2.05) is 17.7 Å². The van der Waals surface area contributed by atoms with Gasteiger partial charge in [0.25, 0.3) is 0 Å². The zero-order valence-electron chi connectivity index (χ0n) is 10.6. The van der Waals surface area contributed by atoms with Crippen molar-refractivity contribution in [1.29, 1.82) is 0 Å². The van der Waals surface area contributed by atoms with E-state index in [4.69, 9.17) is 4.42 Å². The van der Waals surface area contributed by atoms with E-state index < -0.39 is 6.10 Å². The van der Waals surface area contributed by atoms with E-state index in [0.29, 0.717) is 0 Å². The van der Waals surface area contributed by atoms with Crippen molar-refractivity contribution in [2.45, 2.75) is 39.3 Å². The predicted octanol–water partition coefficient (Wildman–Crippen LogP) is 3.29. The maximum Gasteiger partial charge on any atom is 0.125 e. The summed E-state index contributed by atoms with van der Waals surface area (Å²) in [7, 11) is 0. The normalized spacial score (nSPS) is 12.9. The van der Waals surface area contributed by atoms with Crippen LogP contribution in [0.15, 0.2) is 27.4 Å². The minimum atomic E-state index is -0.706. The Morgan fingerprint density at radius 3 is 2.94 bits per heavy atom. The van der Waals surface area contributed by atoms with E-state index in [0.717, 1.165) is 40.9 Å². The van der Waals surface area contributed by atoms with Gasteiger partial charge in [-0.3, -0.25) is 4.68 Å². The molecule has 0 fully saturated rings. The van der Waals surface area contributed by atoms with Gasteiger partial charge in [0.1, 0.15) is 11.9 Å². The average molecular weight is 313 g/mol. The Balaban J connectivity index is 2.39. The molecular formula is C13H17BrN2O2. The SMILES string of the molecule is CCCn1ncc(Br)c1C(O)c1ccoc1CC. The topological polar surface area (TPSA) is 51.2 Å². The molecule has 0 aliphatic carbocycles. The number of aromatic nitrogens is 2. The maximum absolute atomic E-state index is 10.5. The van der Waals surface area contributed by atoms with Crippen LogP contribution in [-0.2, 0) is 13.0 Å². The van der Waals surface area contributed by atoms with Gasteiger partial charge in [-0.15, -0.1) is 0 Å². The second-order valence-electron chi connectivity index (χ2n) is 4.16. The molecule has 98 valence electrons. The van der Waals surface area contributed by atoms with Crippen LogP contribution in [0.5, 0.6) is 0 Å². The van der Waals surface area contributed by atoms with Gasteiger partial charge in [-0.1, -0.05) is 13.8 Å². The molecule has 4 nitrogen and oxygen atoms in total. The molecule has 0 radical (unpaired) electrons. The summed E-state index contributed by atoms with van der Waals surface area (Å²) in [5, 5.41) is 14.8. The van der Waals surface area contributed by atoms with E-state index in [1.165, 1.54) is 0 Å². The molecule has 0 saturated carbocycles. The second-order valence-corrected chi connectivity index (χ2v) is 5.01. The van der Waals surface area contributed by atoms with Crippen molar-refractivity contribution in [2.24, 2.45) is 0 Å². The third-order valence-corrected chi connectivity index (χ3v) is 3.53. The highest BCUT2D eigenvalue weighted by atomic mass is 79.9. The summed E-state index contributed by atoms with van der Waals surface area (Å²) in [6.45, 7) is 4.88. The highest BCUT2D eigenvalue weighted by molar-refractivity contribution is 9.10. The van der Waals surface area contributed by atoms with Crippen LogP contribution < -0.4 is 0 Å². The van der Waals surface area contributed by atoms with Crippen molar-refractivity contribution in [3.05, 3.63) is 40.0 Å². The fourth-order valence-corrected chi connectivity index (χ4v) is 2.58. The fourth-order valence-electron chi connectivity index (χ4n) is 2.06. The first kappa shape index (κ1) is 13.4.